The fourth-order valence-electron chi connectivity index (χ4n) is 2.12. The highest BCUT2D eigenvalue weighted by Gasteiger charge is 2.32. The largest absolute Gasteiger partial charge is 0.408 e. The molecule has 0 atom stereocenters. The van der Waals surface area contributed by atoms with Crippen LogP contribution in [0.25, 0.3) is 0 Å². The molecule has 118 valence electrons. The van der Waals surface area contributed by atoms with E-state index < -0.39 is 18.3 Å². The van der Waals surface area contributed by atoms with Crippen molar-refractivity contribution in [3.63, 3.8) is 0 Å². The van der Waals surface area contributed by atoms with Crippen LogP contribution in [0.1, 0.15) is 19.8 Å². The zero-order valence-electron chi connectivity index (χ0n) is 11.3. The Morgan fingerprint density at radius 2 is 2.19 bits per heavy atom. The first-order valence-corrected chi connectivity index (χ1v) is 6.88. The van der Waals surface area contributed by atoms with E-state index >= 15 is 0 Å². The predicted octanol–water partition coefficient (Wildman–Crippen LogP) is 2.44. The summed E-state index contributed by atoms with van der Waals surface area (Å²) in [4.78, 5) is 11.7. The first kappa shape index (κ1) is 16.1. The second-order valence-electron chi connectivity index (χ2n) is 4.84. The summed E-state index contributed by atoms with van der Waals surface area (Å²) >= 11 is 5.82. The minimum absolute atomic E-state index is 0.0821. The van der Waals surface area contributed by atoms with E-state index in [0.29, 0.717) is 11.3 Å². The summed E-state index contributed by atoms with van der Waals surface area (Å²) in [5.74, 6) is 0. The molecule has 1 aliphatic rings. The van der Waals surface area contributed by atoms with Crippen LogP contribution in [0.2, 0.25) is 5.02 Å². The lowest BCUT2D eigenvalue weighted by Gasteiger charge is -2.36. The van der Waals surface area contributed by atoms with Gasteiger partial charge in [0, 0.05) is 12.6 Å². The normalized spacial score (nSPS) is 22.0. The highest BCUT2D eigenvalue weighted by atomic mass is 35.5. The smallest absolute Gasteiger partial charge is 0.379 e. The molecule has 21 heavy (non-hydrogen) atoms. The molecule has 0 bridgehead atoms. The van der Waals surface area contributed by atoms with Crippen molar-refractivity contribution in [2.75, 3.05) is 11.9 Å². The van der Waals surface area contributed by atoms with Gasteiger partial charge in [-0.1, -0.05) is 11.6 Å². The molecule has 1 heterocycles. The molecule has 1 fully saturated rings. The first-order valence-electron chi connectivity index (χ1n) is 6.50. The lowest BCUT2D eigenvalue weighted by atomic mass is 9.89. The predicted molar refractivity (Wildman–Crippen MR) is 71.6 cm³/mol. The van der Waals surface area contributed by atoms with Crippen LogP contribution in [0.5, 0.6) is 0 Å². The van der Waals surface area contributed by atoms with Gasteiger partial charge in [0.25, 0.3) is 5.56 Å². The number of ether oxygens (including phenoxy) is 1. The van der Waals surface area contributed by atoms with Gasteiger partial charge in [-0.25, -0.2) is 4.68 Å². The number of anilines is 1. The van der Waals surface area contributed by atoms with Crippen molar-refractivity contribution < 1.29 is 17.9 Å². The zero-order chi connectivity index (χ0) is 15.6. The molecule has 0 saturated heterocycles. The van der Waals surface area contributed by atoms with E-state index in [4.69, 9.17) is 16.3 Å². The van der Waals surface area contributed by atoms with Crippen molar-refractivity contribution in [3.8, 4) is 0 Å². The summed E-state index contributed by atoms with van der Waals surface area (Å²) in [6, 6.07) is 0.0821. The van der Waals surface area contributed by atoms with E-state index in [1.165, 1.54) is 0 Å². The molecular weight excluding hydrogens is 311 g/mol. The molecule has 0 amide bonds. The lowest BCUT2D eigenvalue weighted by Crippen LogP contribution is -2.41. The van der Waals surface area contributed by atoms with Gasteiger partial charge in [-0.15, -0.1) is 0 Å². The van der Waals surface area contributed by atoms with E-state index in [1.807, 2.05) is 6.92 Å². The van der Waals surface area contributed by atoms with Gasteiger partial charge in [-0.2, -0.15) is 18.3 Å². The van der Waals surface area contributed by atoms with E-state index in [-0.39, 0.29) is 22.9 Å². The Kier molecular flexibility index (Phi) is 4.77. The van der Waals surface area contributed by atoms with E-state index in [2.05, 4.69) is 10.4 Å². The summed E-state index contributed by atoms with van der Waals surface area (Å²) in [5, 5.41) is 6.21. The standard InChI is InChI=1S/C12H15ClF3N3O2/c1-2-21-8-3-7(4-8)18-9-5-17-19(6-12(14,15)16)11(20)10(9)13/h5,7-8,18H,2-4,6H2,1H3. The van der Waals surface area contributed by atoms with Gasteiger partial charge in [0.05, 0.1) is 18.0 Å². The van der Waals surface area contributed by atoms with Crippen molar-refractivity contribution in [2.24, 2.45) is 0 Å². The van der Waals surface area contributed by atoms with Crippen molar-refractivity contribution in [1.82, 2.24) is 9.78 Å². The van der Waals surface area contributed by atoms with Gasteiger partial charge in [0.2, 0.25) is 0 Å². The number of alkyl halides is 3. The van der Waals surface area contributed by atoms with Crippen LogP contribution in [-0.2, 0) is 11.3 Å². The van der Waals surface area contributed by atoms with Crippen molar-refractivity contribution in [2.45, 2.75) is 44.6 Å². The van der Waals surface area contributed by atoms with Crippen molar-refractivity contribution in [1.29, 1.82) is 0 Å². The fourth-order valence-corrected chi connectivity index (χ4v) is 2.32. The third-order valence-electron chi connectivity index (χ3n) is 3.17. The number of hydrogen-bond acceptors (Lipinski definition) is 4. The average Bonchev–Trinajstić information content (AvgIpc) is 2.34. The third kappa shape index (κ3) is 4.10. The third-order valence-corrected chi connectivity index (χ3v) is 3.54. The van der Waals surface area contributed by atoms with Gasteiger partial charge in [-0.05, 0) is 19.8 Å². The minimum Gasteiger partial charge on any atom is -0.379 e. The number of halogens is 4. The van der Waals surface area contributed by atoms with E-state index in [1.54, 1.807) is 0 Å². The van der Waals surface area contributed by atoms with Gasteiger partial charge in [-0.3, -0.25) is 4.79 Å². The molecule has 5 nitrogen and oxygen atoms in total. The second kappa shape index (κ2) is 6.23. The molecule has 1 saturated carbocycles. The second-order valence-corrected chi connectivity index (χ2v) is 5.22. The molecule has 0 radical (unpaired) electrons. The number of nitrogens with one attached hydrogen (secondary N) is 1. The van der Waals surface area contributed by atoms with Crippen LogP contribution in [0.4, 0.5) is 18.9 Å². The Morgan fingerprint density at radius 3 is 2.76 bits per heavy atom. The molecule has 1 aliphatic carbocycles. The topological polar surface area (TPSA) is 56.1 Å². The fraction of sp³-hybridized carbons (Fsp3) is 0.667. The number of hydrogen-bond donors (Lipinski definition) is 1. The maximum Gasteiger partial charge on any atom is 0.408 e. The van der Waals surface area contributed by atoms with Crippen LogP contribution >= 0.6 is 11.6 Å². The molecule has 2 rings (SSSR count). The van der Waals surface area contributed by atoms with Crippen LogP contribution in [0, 0.1) is 0 Å². The van der Waals surface area contributed by atoms with E-state index in [0.717, 1.165) is 19.0 Å². The molecule has 9 heteroatoms. The molecule has 0 spiro atoms. The molecule has 0 aromatic carbocycles. The van der Waals surface area contributed by atoms with Crippen LogP contribution in [0.3, 0.4) is 0 Å². The Morgan fingerprint density at radius 1 is 1.52 bits per heavy atom. The lowest BCUT2D eigenvalue weighted by molar-refractivity contribution is -0.143. The molecule has 1 N–H and O–H groups in total. The summed E-state index contributed by atoms with van der Waals surface area (Å²) in [6.07, 6.45) is -1.69. The highest BCUT2D eigenvalue weighted by molar-refractivity contribution is 6.32. The Labute approximate surface area is 124 Å². The van der Waals surface area contributed by atoms with Gasteiger partial charge in [0.1, 0.15) is 11.6 Å². The van der Waals surface area contributed by atoms with E-state index in [9.17, 15) is 18.0 Å². The Hall–Kier alpha value is -1.28. The molecule has 0 unspecified atom stereocenters. The number of rotatable bonds is 5. The van der Waals surface area contributed by atoms with Crippen LogP contribution in [0.15, 0.2) is 11.0 Å². The van der Waals surface area contributed by atoms with Crippen LogP contribution in [-0.4, -0.2) is 34.7 Å². The summed E-state index contributed by atoms with van der Waals surface area (Å²) < 4.78 is 42.5. The zero-order valence-corrected chi connectivity index (χ0v) is 12.0. The molecule has 1 aromatic heterocycles. The van der Waals surface area contributed by atoms with Gasteiger partial charge in [0.15, 0.2) is 0 Å². The van der Waals surface area contributed by atoms with Crippen molar-refractivity contribution in [3.05, 3.63) is 21.6 Å². The van der Waals surface area contributed by atoms with Gasteiger partial charge >= 0.3 is 6.18 Å². The Bertz CT molecular complexity index is 556. The Balaban J connectivity index is 2.03. The van der Waals surface area contributed by atoms with Crippen LogP contribution < -0.4 is 10.9 Å². The molecule has 0 aliphatic heterocycles. The summed E-state index contributed by atoms with van der Waals surface area (Å²) in [6.45, 7) is 1.08. The quantitative estimate of drug-likeness (QED) is 0.903. The molecule has 1 aromatic rings. The van der Waals surface area contributed by atoms with Crippen molar-refractivity contribution >= 4 is 17.3 Å². The van der Waals surface area contributed by atoms with Gasteiger partial charge < -0.3 is 10.1 Å². The number of nitrogens with zero attached hydrogens (tertiary/aromatic N) is 2. The maximum atomic E-state index is 12.3. The summed E-state index contributed by atoms with van der Waals surface area (Å²) in [5.41, 5.74) is -0.709. The molecular formula is C12H15ClF3N3O2. The highest BCUT2D eigenvalue weighted by Crippen LogP contribution is 2.28. The average molecular weight is 326 g/mol. The summed E-state index contributed by atoms with van der Waals surface area (Å²) in [7, 11) is 0. The first-order chi connectivity index (χ1) is 9.80. The SMILES string of the molecule is CCOC1CC(Nc2cnn(CC(F)(F)F)c(=O)c2Cl)C1. The maximum absolute atomic E-state index is 12.3. The monoisotopic (exact) mass is 325 g/mol. The number of aromatic nitrogens is 2. The minimum atomic E-state index is -4.52.